The maximum absolute atomic E-state index is 11.7. The predicted octanol–water partition coefficient (Wildman–Crippen LogP) is 3.66. The van der Waals surface area contributed by atoms with Crippen LogP contribution in [0.1, 0.15) is 26.3 Å². The largest absolute Gasteiger partial charge is 0.286 e. The highest BCUT2D eigenvalue weighted by Gasteiger charge is 2.21. The van der Waals surface area contributed by atoms with E-state index in [0.29, 0.717) is 0 Å². The Labute approximate surface area is 89.9 Å². The number of carbonyl (C=O) groups excluding carboxylic acids is 1. The minimum absolute atomic E-state index is 0.210. The molecule has 0 aliphatic heterocycles. The molecule has 0 unspecified atom stereocenters. The van der Waals surface area contributed by atoms with E-state index >= 15 is 0 Å². The van der Waals surface area contributed by atoms with E-state index < -0.39 is 0 Å². The van der Waals surface area contributed by atoms with Crippen molar-refractivity contribution in [3.63, 3.8) is 0 Å². The van der Waals surface area contributed by atoms with Crippen molar-refractivity contribution < 1.29 is 4.79 Å². The van der Waals surface area contributed by atoms with Crippen LogP contribution in [0.25, 0.3) is 0 Å². The van der Waals surface area contributed by atoms with Gasteiger partial charge in [0.05, 0.1) is 0 Å². The second-order valence-corrected chi connectivity index (χ2v) is 5.50. The van der Waals surface area contributed by atoms with Gasteiger partial charge in [-0.25, -0.2) is 0 Å². The Balaban J connectivity index is 2.71. The molecule has 1 aromatic carbocycles. The summed E-state index contributed by atoms with van der Waals surface area (Å²) in [5, 5.41) is 0.210. The molecule has 1 rings (SSSR count). The minimum Gasteiger partial charge on any atom is -0.286 e. The lowest BCUT2D eigenvalue weighted by Crippen LogP contribution is -2.16. The Morgan fingerprint density at radius 3 is 2.07 bits per heavy atom. The van der Waals surface area contributed by atoms with Crippen LogP contribution in [0, 0.1) is 12.3 Å². The molecular formula is C12H16OS. The zero-order chi connectivity index (χ0) is 10.8. The molecule has 0 fully saturated rings. The topological polar surface area (TPSA) is 17.1 Å². The van der Waals surface area contributed by atoms with E-state index in [1.165, 1.54) is 17.3 Å². The van der Waals surface area contributed by atoms with Gasteiger partial charge in [0.25, 0.3) is 0 Å². The van der Waals surface area contributed by atoms with Gasteiger partial charge in [0.1, 0.15) is 0 Å². The van der Waals surface area contributed by atoms with Crippen LogP contribution in [-0.2, 0) is 4.79 Å². The lowest BCUT2D eigenvalue weighted by atomic mass is 10.00. The Kier molecular flexibility index (Phi) is 3.38. The molecule has 0 aromatic heterocycles. The van der Waals surface area contributed by atoms with Gasteiger partial charge in [-0.2, -0.15) is 0 Å². The van der Waals surface area contributed by atoms with Crippen LogP contribution >= 0.6 is 11.8 Å². The van der Waals surface area contributed by atoms with E-state index in [4.69, 9.17) is 0 Å². The van der Waals surface area contributed by atoms with Gasteiger partial charge in [-0.3, -0.25) is 4.79 Å². The Morgan fingerprint density at radius 2 is 1.64 bits per heavy atom. The molecule has 0 bridgehead atoms. The fourth-order valence-corrected chi connectivity index (χ4v) is 1.66. The van der Waals surface area contributed by atoms with Crippen molar-refractivity contribution in [3.05, 3.63) is 29.8 Å². The van der Waals surface area contributed by atoms with E-state index in [1.54, 1.807) is 0 Å². The first-order valence-electron chi connectivity index (χ1n) is 4.68. The SMILES string of the molecule is Cc1ccc(SC(=O)C(C)(C)C)cc1. The summed E-state index contributed by atoms with van der Waals surface area (Å²) in [6.45, 7) is 7.86. The molecule has 0 spiro atoms. The summed E-state index contributed by atoms with van der Waals surface area (Å²) in [6, 6.07) is 8.03. The summed E-state index contributed by atoms with van der Waals surface area (Å²) in [7, 11) is 0. The Hall–Kier alpha value is -0.760. The van der Waals surface area contributed by atoms with E-state index in [0.717, 1.165) is 4.90 Å². The molecular weight excluding hydrogens is 192 g/mol. The summed E-state index contributed by atoms with van der Waals surface area (Å²) in [5.41, 5.74) is 0.952. The molecule has 0 heterocycles. The second kappa shape index (κ2) is 4.18. The molecule has 0 N–H and O–H groups in total. The Bertz CT molecular complexity index is 319. The molecule has 14 heavy (non-hydrogen) atoms. The first kappa shape index (κ1) is 11.3. The smallest absolute Gasteiger partial charge is 0.198 e. The van der Waals surface area contributed by atoms with Crippen LogP contribution in [0.5, 0.6) is 0 Å². The van der Waals surface area contributed by atoms with Gasteiger partial charge in [-0.05, 0) is 19.1 Å². The third kappa shape index (κ3) is 3.18. The average molecular weight is 208 g/mol. The average Bonchev–Trinajstić information content (AvgIpc) is 2.07. The quantitative estimate of drug-likeness (QED) is 0.655. The molecule has 76 valence electrons. The second-order valence-electron chi connectivity index (χ2n) is 4.45. The summed E-state index contributed by atoms with van der Waals surface area (Å²) in [5.74, 6) is 0. The molecule has 0 atom stereocenters. The number of carbonyl (C=O) groups is 1. The predicted molar refractivity (Wildman–Crippen MR) is 61.5 cm³/mol. The fraction of sp³-hybridized carbons (Fsp3) is 0.417. The van der Waals surface area contributed by atoms with E-state index in [9.17, 15) is 4.79 Å². The highest BCUT2D eigenvalue weighted by Crippen LogP contribution is 2.28. The first-order valence-corrected chi connectivity index (χ1v) is 5.50. The zero-order valence-electron chi connectivity index (χ0n) is 9.13. The van der Waals surface area contributed by atoms with Crippen LogP contribution in [0.2, 0.25) is 0 Å². The highest BCUT2D eigenvalue weighted by molar-refractivity contribution is 8.13. The summed E-state index contributed by atoms with van der Waals surface area (Å²) in [6.07, 6.45) is 0. The summed E-state index contributed by atoms with van der Waals surface area (Å²) >= 11 is 1.32. The number of aryl methyl sites for hydroxylation is 1. The standard InChI is InChI=1S/C12H16OS/c1-9-5-7-10(8-6-9)14-11(13)12(2,3)4/h5-8H,1-4H3. The van der Waals surface area contributed by atoms with E-state index in [2.05, 4.69) is 0 Å². The van der Waals surface area contributed by atoms with Crippen molar-refractivity contribution in [1.82, 2.24) is 0 Å². The normalized spacial score (nSPS) is 11.4. The van der Waals surface area contributed by atoms with Crippen LogP contribution in [0.4, 0.5) is 0 Å². The van der Waals surface area contributed by atoms with E-state index in [-0.39, 0.29) is 10.5 Å². The Morgan fingerprint density at radius 1 is 1.14 bits per heavy atom. The number of thioether (sulfide) groups is 1. The van der Waals surface area contributed by atoms with Crippen molar-refractivity contribution in [1.29, 1.82) is 0 Å². The molecule has 1 nitrogen and oxygen atoms in total. The molecule has 0 radical (unpaired) electrons. The molecule has 0 amide bonds. The van der Waals surface area contributed by atoms with Crippen molar-refractivity contribution in [3.8, 4) is 0 Å². The van der Waals surface area contributed by atoms with Crippen molar-refractivity contribution in [2.24, 2.45) is 5.41 Å². The third-order valence-corrected chi connectivity index (χ3v) is 3.15. The van der Waals surface area contributed by atoms with Crippen molar-refractivity contribution in [2.45, 2.75) is 32.6 Å². The van der Waals surface area contributed by atoms with Crippen LogP contribution in [0.3, 0.4) is 0 Å². The van der Waals surface area contributed by atoms with Crippen molar-refractivity contribution >= 4 is 16.9 Å². The maximum atomic E-state index is 11.7. The third-order valence-electron chi connectivity index (χ3n) is 1.84. The van der Waals surface area contributed by atoms with Crippen molar-refractivity contribution in [2.75, 3.05) is 0 Å². The molecule has 0 aliphatic carbocycles. The van der Waals surface area contributed by atoms with Crippen LogP contribution in [0.15, 0.2) is 29.2 Å². The molecule has 0 saturated carbocycles. The zero-order valence-corrected chi connectivity index (χ0v) is 9.94. The van der Waals surface area contributed by atoms with Gasteiger partial charge in [0.2, 0.25) is 0 Å². The first-order chi connectivity index (χ1) is 6.39. The lowest BCUT2D eigenvalue weighted by Gasteiger charge is -2.15. The van der Waals surface area contributed by atoms with Gasteiger partial charge in [0.15, 0.2) is 5.12 Å². The molecule has 0 saturated heterocycles. The minimum atomic E-state index is -0.268. The fourth-order valence-electron chi connectivity index (χ4n) is 0.866. The van der Waals surface area contributed by atoms with Crippen LogP contribution in [-0.4, -0.2) is 5.12 Å². The molecule has 0 aliphatic rings. The van der Waals surface area contributed by atoms with Gasteiger partial charge in [-0.15, -0.1) is 0 Å². The van der Waals surface area contributed by atoms with Gasteiger partial charge in [0, 0.05) is 10.3 Å². The summed E-state index contributed by atoms with van der Waals surface area (Å²) < 4.78 is 0. The monoisotopic (exact) mass is 208 g/mol. The highest BCUT2D eigenvalue weighted by atomic mass is 32.2. The van der Waals surface area contributed by atoms with Crippen LogP contribution < -0.4 is 0 Å². The van der Waals surface area contributed by atoms with Gasteiger partial charge < -0.3 is 0 Å². The summed E-state index contributed by atoms with van der Waals surface area (Å²) in [4.78, 5) is 12.7. The van der Waals surface area contributed by atoms with Gasteiger partial charge in [-0.1, -0.05) is 50.2 Å². The number of hydrogen-bond acceptors (Lipinski definition) is 2. The molecule has 2 heteroatoms. The van der Waals surface area contributed by atoms with E-state index in [1.807, 2.05) is 52.0 Å². The molecule has 1 aromatic rings. The number of hydrogen-bond donors (Lipinski definition) is 0. The lowest BCUT2D eigenvalue weighted by molar-refractivity contribution is -0.117. The number of rotatable bonds is 1. The van der Waals surface area contributed by atoms with Gasteiger partial charge >= 0.3 is 0 Å². The maximum Gasteiger partial charge on any atom is 0.198 e. The number of benzene rings is 1.